The minimum Gasteiger partial charge on any atom is -0.469 e. The van der Waals surface area contributed by atoms with E-state index in [0.29, 0.717) is 17.2 Å². The fraction of sp³-hybridized carbons (Fsp3) is 0.429. The summed E-state index contributed by atoms with van der Waals surface area (Å²) < 4.78 is 4.49. The number of carbonyl (C=O) groups excluding carboxylic acids is 1. The van der Waals surface area contributed by atoms with E-state index < -0.39 is 0 Å². The first-order chi connectivity index (χ1) is 6.72. The van der Waals surface area contributed by atoms with E-state index in [4.69, 9.17) is 11.6 Å². The molecule has 0 saturated heterocycles. The van der Waals surface area contributed by atoms with E-state index >= 15 is 0 Å². The predicted octanol–water partition coefficient (Wildman–Crippen LogP) is 1.18. The van der Waals surface area contributed by atoms with Gasteiger partial charge in [-0.3, -0.25) is 4.79 Å². The molecule has 76 valence electrons. The Morgan fingerprint density at radius 1 is 1.71 bits per heavy atom. The number of halogens is 1. The third kappa shape index (κ3) is 3.89. The van der Waals surface area contributed by atoms with Crippen LogP contribution in [0.4, 0.5) is 0 Å². The first kappa shape index (κ1) is 11.2. The molecular weight excluding hydrogens is 226 g/mol. The van der Waals surface area contributed by atoms with Crippen molar-refractivity contribution in [3.63, 3.8) is 0 Å². The Bertz CT molecular complexity index is 324. The van der Waals surface area contributed by atoms with Crippen molar-refractivity contribution in [2.75, 3.05) is 12.9 Å². The average Bonchev–Trinajstić information content (AvgIpc) is 2.17. The number of rotatable bonds is 4. The second-order valence-electron chi connectivity index (χ2n) is 2.24. The Labute approximate surface area is 90.2 Å². The van der Waals surface area contributed by atoms with Crippen molar-refractivity contribution in [3.05, 3.63) is 11.5 Å². The molecule has 0 bridgehead atoms. The Kier molecular flexibility index (Phi) is 4.61. The highest BCUT2D eigenvalue weighted by Crippen LogP contribution is 2.15. The van der Waals surface area contributed by atoms with E-state index in [0.717, 1.165) is 0 Å². The van der Waals surface area contributed by atoms with Crippen LogP contribution in [0.5, 0.6) is 0 Å². The zero-order chi connectivity index (χ0) is 10.4. The first-order valence-corrected chi connectivity index (χ1v) is 5.13. The lowest BCUT2D eigenvalue weighted by Gasteiger charge is -1.98. The molecule has 0 radical (unpaired) electrons. The Morgan fingerprint density at radius 2 is 2.50 bits per heavy atom. The van der Waals surface area contributed by atoms with Crippen LogP contribution in [0.25, 0.3) is 0 Å². The van der Waals surface area contributed by atoms with Crippen molar-refractivity contribution < 1.29 is 9.53 Å². The molecule has 0 unspecified atom stereocenters. The molecule has 0 spiro atoms. The van der Waals surface area contributed by atoms with Crippen LogP contribution in [0.1, 0.15) is 6.42 Å². The molecule has 1 aromatic heterocycles. The zero-order valence-corrected chi connectivity index (χ0v) is 9.01. The van der Waals surface area contributed by atoms with Gasteiger partial charge < -0.3 is 4.74 Å². The Morgan fingerprint density at radius 3 is 3.14 bits per heavy atom. The summed E-state index contributed by atoms with van der Waals surface area (Å²) in [6.07, 6.45) is 1.83. The van der Waals surface area contributed by atoms with Crippen molar-refractivity contribution in [1.29, 1.82) is 0 Å². The van der Waals surface area contributed by atoms with E-state index in [1.54, 1.807) is 0 Å². The second kappa shape index (κ2) is 5.77. The third-order valence-corrected chi connectivity index (χ3v) is 2.36. The number of thioether (sulfide) groups is 1. The maximum absolute atomic E-state index is 10.8. The maximum Gasteiger partial charge on any atom is 0.306 e. The lowest BCUT2D eigenvalue weighted by Crippen LogP contribution is -2.01. The number of ether oxygens (including phenoxy) is 1. The van der Waals surface area contributed by atoms with Gasteiger partial charge in [0.2, 0.25) is 5.28 Å². The van der Waals surface area contributed by atoms with Crippen molar-refractivity contribution in [2.45, 2.75) is 11.4 Å². The number of hydrogen-bond acceptors (Lipinski definition) is 6. The lowest BCUT2D eigenvalue weighted by atomic mass is 10.5. The molecule has 0 aliphatic heterocycles. The van der Waals surface area contributed by atoms with Gasteiger partial charge in [-0.05, 0) is 11.6 Å². The lowest BCUT2D eigenvalue weighted by molar-refractivity contribution is -0.140. The minimum atomic E-state index is -0.245. The smallest absolute Gasteiger partial charge is 0.306 e. The topological polar surface area (TPSA) is 65.0 Å². The number of hydrogen-bond donors (Lipinski definition) is 0. The highest BCUT2D eigenvalue weighted by molar-refractivity contribution is 7.99. The van der Waals surface area contributed by atoms with E-state index in [2.05, 4.69) is 19.9 Å². The van der Waals surface area contributed by atoms with Crippen LogP contribution >= 0.6 is 23.4 Å². The van der Waals surface area contributed by atoms with E-state index in [-0.39, 0.29) is 11.3 Å². The largest absolute Gasteiger partial charge is 0.469 e. The highest BCUT2D eigenvalue weighted by Gasteiger charge is 2.02. The molecule has 0 N–H and O–H groups in total. The minimum absolute atomic E-state index is 0.105. The van der Waals surface area contributed by atoms with Gasteiger partial charge in [0.25, 0.3) is 0 Å². The molecule has 0 saturated carbocycles. The predicted molar refractivity (Wildman–Crippen MR) is 52.2 cm³/mol. The SMILES string of the molecule is COC(=O)CCSc1cnnc(Cl)n1. The van der Waals surface area contributed by atoms with Crippen LogP contribution in [0.3, 0.4) is 0 Å². The Balaban J connectivity index is 2.35. The van der Waals surface area contributed by atoms with Crippen LogP contribution in [-0.2, 0) is 9.53 Å². The molecule has 0 atom stereocenters. The molecule has 0 aromatic carbocycles. The van der Waals surface area contributed by atoms with E-state index in [1.807, 2.05) is 0 Å². The summed E-state index contributed by atoms with van der Waals surface area (Å²) in [5.41, 5.74) is 0. The molecule has 0 aliphatic carbocycles. The molecule has 1 aromatic rings. The van der Waals surface area contributed by atoms with Gasteiger partial charge in [0.1, 0.15) is 5.03 Å². The van der Waals surface area contributed by atoms with Gasteiger partial charge >= 0.3 is 5.97 Å². The molecule has 0 aliphatic rings. The highest BCUT2D eigenvalue weighted by atomic mass is 35.5. The quantitative estimate of drug-likeness (QED) is 0.575. The zero-order valence-electron chi connectivity index (χ0n) is 7.44. The summed E-state index contributed by atoms with van der Waals surface area (Å²) in [5.74, 6) is 0.340. The standard InChI is InChI=1S/C7H8ClN3O2S/c1-13-6(12)2-3-14-5-4-9-11-7(8)10-5/h4H,2-3H2,1H3. The summed E-state index contributed by atoms with van der Waals surface area (Å²) in [5, 5.41) is 7.87. The van der Waals surface area contributed by atoms with Gasteiger partial charge in [-0.2, -0.15) is 5.10 Å². The maximum atomic E-state index is 10.8. The molecular formula is C7H8ClN3O2S. The van der Waals surface area contributed by atoms with E-state index in [1.165, 1.54) is 25.1 Å². The third-order valence-electron chi connectivity index (χ3n) is 1.29. The van der Waals surface area contributed by atoms with Crippen LogP contribution < -0.4 is 0 Å². The molecule has 14 heavy (non-hydrogen) atoms. The molecule has 0 amide bonds. The van der Waals surface area contributed by atoms with Crippen LogP contribution in [0.2, 0.25) is 5.28 Å². The summed E-state index contributed by atoms with van der Waals surface area (Å²) in [7, 11) is 1.36. The van der Waals surface area contributed by atoms with Gasteiger partial charge in [0, 0.05) is 5.75 Å². The first-order valence-electron chi connectivity index (χ1n) is 3.77. The monoisotopic (exact) mass is 233 g/mol. The van der Waals surface area contributed by atoms with Gasteiger partial charge in [-0.15, -0.1) is 16.9 Å². The van der Waals surface area contributed by atoms with Gasteiger partial charge in [-0.25, -0.2) is 4.98 Å². The summed E-state index contributed by atoms with van der Waals surface area (Å²) in [6, 6.07) is 0. The van der Waals surface area contributed by atoms with Gasteiger partial charge in [0.05, 0.1) is 19.7 Å². The van der Waals surface area contributed by atoms with Gasteiger partial charge in [0.15, 0.2) is 0 Å². The summed E-state index contributed by atoms with van der Waals surface area (Å²) in [6.45, 7) is 0. The normalized spacial score (nSPS) is 9.86. The number of esters is 1. The van der Waals surface area contributed by atoms with Crippen molar-refractivity contribution >= 4 is 29.3 Å². The molecule has 0 fully saturated rings. The van der Waals surface area contributed by atoms with Crippen molar-refractivity contribution in [1.82, 2.24) is 15.2 Å². The fourth-order valence-corrected chi connectivity index (χ4v) is 1.61. The number of methoxy groups -OCH3 is 1. The molecule has 1 heterocycles. The number of carbonyl (C=O) groups is 1. The molecule has 7 heteroatoms. The van der Waals surface area contributed by atoms with Crippen LogP contribution in [0.15, 0.2) is 11.2 Å². The second-order valence-corrected chi connectivity index (χ2v) is 3.69. The van der Waals surface area contributed by atoms with Gasteiger partial charge in [-0.1, -0.05) is 0 Å². The van der Waals surface area contributed by atoms with Crippen LogP contribution in [-0.4, -0.2) is 34.0 Å². The fourth-order valence-electron chi connectivity index (χ4n) is 0.679. The number of nitrogens with zero attached hydrogens (tertiary/aromatic N) is 3. The van der Waals surface area contributed by atoms with E-state index in [9.17, 15) is 4.79 Å². The van der Waals surface area contributed by atoms with Crippen LogP contribution in [0, 0.1) is 0 Å². The number of aromatic nitrogens is 3. The van der Waals surface area contributed by atoms with Crippen molar-refractivity contribution in [2.24, 2.45) is 0 Å². The molecule has 1 rings (SSSR count). The Hall–Kier alpha value is -0.880. The van der Waals surface area contributed by atoms with Crippen molar-refractivity contribution in [3.8, 4) is 0 Å². The summed E-state index contributed by atoms with van der Waals surface area (Å²) >= 11 is 6.90. The average molecular weight is 234 g/mol. The summed E-state index contributed by atoms with van der Waals surface area (Å²) in [4.78, 5) is 14.7. The molecule has 5 nitrogen and oxygen atoms in total.